The molecule has 1 heterocycles. The highest BCUT2D eigenvalue weighted by molar-refractivity contribution is 5.07. The van der Waals surface area contributed by atoms with Crippen molar-refractivity contribution < 1.29 is 0 Å². The van der Waals surface area contributed by atoms with Crippen LogP contribution in [0.3, 0.4) is 0 Å². The molecule has 1 N–H and O–H groups in total. The summed E-state index contributed by atoms with van der Waals surface area (Å²) in [6, 6.07) is 3.87. The lowest BCUT2D eigenvalue weighted by Gasteiger charge is -2.44. The number of nitrogens with zero attached hydrogens (tertiary/aromatic N) is 3. The summed E-state index contributed by atoms with van der Waals surface area (Å²) in [5, 5.41) is 12.8. The van der Waals surface area contributed by atoms with Crippen LogP contribution in [0.2, 0.25) is 0 Å². The molecule has 0 aliphatic carbocycles. The molecule has 3 atom stereocenters. The Bertz CT molecular complexity index is 297. The van der Waals surface area contributed by atoms with E-state index in [9.17, 15) is 5.26 Å². The Labute approximate surface area is 112 Å². The predicted octanol–water partition coefficient (Wildman–Crippen LogP) is 1.29. The van der Waals surface area contributed by atoms with Gasteiger partial charge < -0.3 is 0 Å². The van der Waals surface area contributed by atoms with E-state index in [1.54, 1.807) is 0 Å². The van der Waals surface area contributed by atoms with Gasteiger partial charge in [-0.1, -0.05) is 0 Å². The van der Waals surface area contributed by atoms with Gasteiger partial charge in [-0.25, -0.2) is 0 Å². The number of hydrogen-bond donors (Lipinski definition) is 1. The topological polar surface area (TPSA) is 42.3 Å². The van der Waals surface area contributed by atoms with Gasteiger partial charge in [-0.15, -0.1) is 0 Å². The molecule has 0 aromatic heterocycles. The predicted molar refractivity (Wildman–Crippen MR) is 75.4 cm³/mol. The first-order valence-corrected chi connectivity index (χ1v) is 6.90. The van der Waals surface area contributed by atoms with E-state index in [1.807, 2.05) is 6.92 Å². The van der Waals surface area contributed by atoms with Gasteiger partial charge in [0, 0.05) is 37.8 Å². The second-order valence-electron chi connectivity index (χ2n) is 6.30. The first-order valence-electron chi connectivity index (χ1n) is 6.90. The van der Waals surface area contributed by atoms with Crippen molar-refractivity contribution in [3.63, 3.8) is 0 Å². The van der Waals surface area contributed by atoms with Gasteiger partial charge in [-0.05, 0) is 41.7 Å². The zero-order chi connectivity index (χ0) is 13.9. The van der Waals surface area contributed by atoms with Crippen LogP contribution in [0.25, 0.3) is 0 Å². The number of nitriles is 1. The molecule has 3 unspecified atom stereocenters. The molecule has 1 rings (SSSR count). The van der Waals surface area contributed by atoms with Crippen molar-refractivity contribution in [2.24, 2.45) is 0 Å². The number of piperazine rings is 1. The SMILES string of the molecule is CC(C)NC(C)(C#N)CN1CC(C)N(C)C(C)C1. The van der Waals surface area contributed by atoms with Crippen LogP contribution in [0, 0.1) is 11.3 Å². The summed E-state index contributed by atoms with van der Waals surface area (Å²) < 4.78 is 0. The minimum atomic E-state index is -0.455. The zero-order valence-electron chi connectivity index (χ0n) is 12.7. The van der Waals surface area contributed by atoms with Gasteiger partial charge in [-0.2, -0.15) is 5.26 Å². The molecule has 1 aliphatic heterocycles. The van der Waals surface area contributed by atoms with Crippen molar-refractivity contribution in [3.05, 3.63) is 0 Å². The number of rotatable bonds is 4. The average Bonchev–Trinajstić information content (AvgIpc) is 2.24. The van der Waals surface area contributed by atoms with E-state index in [4.69, 9.17) is 0 Å². The van der Waals surface area contributed by atoms with Crippen molar-refractivity contribution in [1.82, 2.24) is 15.1 Å². The smallest absolute Gasteiger partial charge is 0.116 e. The molecule has 4 nitrogen and oxygen atoms in total. The maximum atomic E-state index is 9.40. The zero-order valence-corrected chi connectivity index (χ0v) is 12.7. The fraction of sp³-hybridized carbons (Fsp3) is 0.929. The fourth-order valence-electron chi connectivity index (χ4n) is 2.84. The Hall–Kier alpha value is -0.630. The van der Waals surface area contributed by atoms with Gasteiger partial charge in [0.2, 0.25) is 0 Å². The molecule has 4 heteroatoms. The molecule has 0 bridgehead atoms. The monoisotopic (exact) mass is 252 g/mol. The lowest BCUT2D eigenvalue weighted by molar-refractivity contribution is 0.0489. The van der Waals surface area contributed by atoms with Gasteiger partial charge in [0.15, 0.2) is 0 Å². The third-order valence-electron chi connectivity index (χ3n) is 3.83. The maximum absolute atomic E-state index is 9.40. The molecular formula is C14H28N4. The molecule has 0 spiro atoms. The lowest BCUT2D eigenvalue weighted by Crippen LogP contribution is -2.60. The van der Waals surface area contributed by atoms with Gasteiger partial charge in [0.25, 0.3) is 0 Å². The summed E-state index contributed by atoms with van der Waals surface area (Å²) in [4.78, 5) is 4.82. The minimum Gasteiger partial charge on any atom is -0.298 e. The van der Waals surface area contributed by atoms with Crippen molar-refractivity contribution in [3.8, 4) is 6.07 Å². The second kappa shape index (κ2) is 6.01. The normalized spacial score (nSPS) is 30.1. The van der Waals surface area contributed by atoms with Crippen molar-refractivity contribution in [2.75, 3.05) is 26.7 Å². The van der Waals surface area contributed by atoms with Crippen LogP contribution in [0.15, 0.2) is 0 Å². The van der Waals surface area contributed by atoms with Crippen LogP contribution in [-0.2, 0) is 0 Å². The summed E-state index contributed by atoms with van der Waals surface area (Å²) >= 11 is 0. The Morgan fingerprint density at radius 2 is 1.83 bits per heavy atom. The highest BCUT2D eigenvalue weighted by Gasteiger charge is 2.32. The molecule has 0 aromatic carbocycles. The van der Waals surface area contributed by atoms with Gasteiger partial charge in [-0.3, -0.25) is 15.1 Å². The maximum Gasteiger partial charge on any atom is 0.116 e. The summed E-state index contributed by atoms with van der Waals surface area (Å²) in [5.41, 5.74) is -0.455. The number of hydrogen-bond acceptors (Lipinski definition) is 4. The highest BCUT2D eigenvalue weighted by atomic mass is 15.3. The number of nitrogens with one attached hydrogen (secondary N) is 1. The molecule has 0 amide bonds. The molecule has 18 heavy (non-hydrogen) atoms. The van der Waals surface area contributed by atoms with E-state index in [2.05, 4.69) is 55.9 Å². The van der Waals surface area contributed by atoms with Crippen LogP contribution in [0.4, 0.5) is 0 Å². The third-order valence-corrected chi connectivity index (χ3v) is 3.83. The Balaban J connectivity index is 2.64. The Morgan fingerprint density at radius 1 is 1.33 bits per heavy atom. The summed E-state index contributed by atoms with van der Waals surface area (Å²) in [6.45, 7) is 13.6. The van der Waals surface area contributed by atoms with E-state index in [0.29, 0.717) is 18.1 Å². The van der Waals surface area contributed by atoms with Crippen LogP contribution in [-0.4, -0.2) is 60.1 Å². The van der Waals surface area contributed by atoms with E-state index in [1.165, 1.54) is 0 Å². The Morgan fingerprint density at radius 3 is 2.22 bits per heavy atom. The minimum absolute atomic E-state index is 0.331. The molecule has 1 saturated heterocycles. The lowest BCUT2D eigenvalue weighted by atomic mass is 10.00. The van der Waals surface area contributed by atoms with E-state index >= 15 is 0 Å². The van der Waals surface area contributed by atoms with Crippen LogP contribution < -0.4 is 5.32 Å². The third kappa shape index (κ3) is 3.94. The summed E-state index contributed by atoms with van der Waals surface area (Å²) in [6.07, 6.45) is 0. The Kier molecular flexibility index (Phi) is 5.15. The standard InChI is InChI=1S/C14H28N4/c1-11(2)16-14(5,9-15)10-18-7-12(3)17(6)13(4)8-18/h11-13,16H,7-8,10H2,1-6H3. The first kappa shape index (κ1) is 15.4. The summed E-state index contributed by atoms with van der Waals surface area (Å²) in [5.74, 6) is 0. The highest BCUT2D eigenvalue weighted by Crippen LogP contribution is 2.16. The van der Waals surface area contributed by atoms with Crippen molar-refractivity contribution in [2.45, 2.75) is 58.3 Å². The number of likely N-dealkylation sites (N-methyl/N-ethyl adjacent to an activating group) is 1. The molecule has 1 fully saturated rings. The van der Waals surface area contributed by atoms with Crippen LogP contribution >= 0.6 is 0 Å². The van der Waals surface area contributed by atoms with Gasteiger partial charge in [0.1, 0.15) is 5.54 Å². The molecular weight excluding hydrogens is 224 g/mol. The molecule has 0 saturated carbocycles. The molecule has 0 radical (unpaired) electrons. The van der Waals surface area contributed by atoms with Gasteiger partial charge >= 0.3 is 0 Å². The van der Waals surface area contributed by atoms with E-state index in [0.717, 1.165) is 19.6 Å². The van der Waals surface area contributed by atoms with Crippen LogP contribution in [0.1, 0.15) is 34.6 Å². The first-order chi connectivity index (χ1) is 8.27. The quantitative estimate of drug-likeness (QED) is 0.819. The largest absolute Gasteiger partial charge is 0.298 e. The molecule has 0 aromatic rings. The van der Waals surface area contributed by atoms with E-state index < -0.39 is 5.54 Å². The fourth-order valence-corrected chi connectivity index (χ4v) is 2.84. The molecule has 1 aliphatic rings. The van der Waals surface area contributed by atoms with Crippen molar-refractivity contribution in [1.29, 1.82) is 5.26 Å². The van der Waals surface area contributed by atoms with Crippen molar-refractivity contribution >= 4 is 0 Å². The second-order valence-corrected chi connectivity index (χ2v) is 6.30. The average molecular weight is 252 g/mol. The molecule has 104 valence electrons. The summed E-state index contributed by atoms with van der Waals surface area (Å²) in [7, 11) is 2.18. The van der Waals surface area contributed by atoms with Gasteiger partial charge in [0.05, 0.1) is 6.07 Å². The van der Waals surface area contributed by atoms with E-state index in [-0.39, 0.29) is 0 Å². The van der Waals surface area contributed by atoms with Crippen LogP contribution in [0.5, 0.6) is 0 Å².